The fourth-order valence-electron chi connectivity index (χ4n) is 1.22. The van der Waals surface area contributed by atoms with Gasteiger partial charge in [0.05, 0.1) is 6.10 Å². The average molecular weight is 128 g/mol. The third-order valence-corrected chi connectivity index (χ3v) is 2.48. The molecule has 54 valence electrons. The minimum absolute atomic E-state index is 0.456. The Morgan fingerprint density at radius 3 is 2.22 bits per heavy atom. The van der Waals surface area contributed by atoms with Crippen molar-refractivity contribution in [3.8, 4) is 0 Å². The molecule has 0 radical (unpaired) electrons. The first-order chi connectivity index (χ1) is 4.25. The maximum atomic E-state index is 5.21. The highest BCUT2D eigenvalue weighted by molar-refractivity contribution is 4.81. The zero-order chi connectivity index (χ0) is 6.85. The SMILES string of the molecule is COC(C)C(C)C1CC1. The van der Waals surface area contributed by atoms with E-state index in [9.17, 15) is 0 Å². The normalized spacial score (nSPS) is 25.7. The summed E-state index contributed by atoms with van der Waals surface area (Å²) < 4.78 is 5.21. The van der Waals surface area contributed by atoms with Crippen LogP contribution in [0.25, 0.3) is 0 Å². The van der Waals surface area contributed by atoms with E-state index in [2.05, 4.69) is 13.8 Å². The van der Waals surface area contributed by atoms with Gasteiger partial charge in [-0.2, -0.15) is 0 Å². The van der Waals surface area contributed by atoms with Gasteiger partial charge in [0.25, 0.3) is 0 Å². The van der Waals surface area contributed by atoms with Gasteiger partial charge >= 0.3 is 0 Å². The van der Waals surface area contributed by atoms with Crippen LogP contribution >= 0.6 is 0 Å². The lowest BCUT2D eigenvalue weighted by atomic mass is 10.0. The second kappa shape index (κ2) is 2.70. The van der Waals surface area contributed by atoms with Crippen LogP contribution in [0.15, 0.2) is 0 Å². The van der Waals surface area contributed by atoms with Crippen molar-refractivity contribution in [3.05, 3.63) is 0 Å². The van der Waals surface area contributed by atoms with E-state index in [4.69, 9.17) is 4.74 Å². The van der Waals surface area contributed by atoms with Crippen molar-refractivity contribution < 1.29 is 4.74 Å². The standard InChI is InChI=1S/C8H16O/c1-6(7(2)9-3)8-4-5-8/h6-8H,4-5H2,1-3H3. The molecule has 1 saturated carbocycles. The van der Waals surface area contributed by atoms with E-state index in [-0.39, 0.29) is 0 Å². The second-order valence-electron chi connectivity index (χ2n) is 3.14. The van der Waals surface area contributed by atoms with E-state index in [1.807, 2.05) is 0 Å². The highest BCUT2D eigenvalue weighted by Gasteiger charge is 2.31. The fraction of sp³-hybridized carbons (Fsp3) is 1.00. The number of methoxy groups -OCH3 is 1. The molecule has 0 aromatic carbocycles. The summed E-state index contributed by atoms with van der Waals surface area (Å²) in [5, 5.41) is 0. The van der Waals surface area contributed by atoms with Gasteiger partial charge in [-0.15, -0.1) is 0 Å². The van der Waals surface area contributed by atoms with Crippen LogP contribution in [-0.2, 0) is 4.74 Å². The zero-order valence-electron chi connectivity index (χ0n) is 6.55. The molecule has 0 aliphatic heterocycles. The maximum absolute atomic E-state index is 5.21. The Labute approximate surface area is 57.4 Å². The van der Waals surface area contributed by atoms with Gasteiger partial charge in [-0.05, 0) is 31.6 Å². The maximum Gasteiger partial charge on any atom is 0.0571 e. The van der Waals surface area contributed by atoms with E-state index >= 15 is 0 Å². The topological polar surface area (TPSA) is 9.23 Å². The summed E-state index contributed by atoms with van der Waals surface area (Å²) in [6.45, 7) is 4.44. The minimum atomic E-state index is 0.456. The molecular formula is C8H16O. The molecule has 0 heterocycles. The zero-order valence-corrected chi connectivity index (χ0v) is 6.55. The van der Waals surface area contributed by atoms with Crippen LogP contribution in [0.2, 0.25) is 0 Å². The van der Waals surface area contributed by atoms with Crippen molar-refractivity contribution in [3.63, 3.8) is 0 Å². The molecule has 1 fully saturated rings. The molecule has 0 amide bonds. The summed E-state index contributed by atoms with van der Waals surface area (Å²) in [5.74, 6) is 1.75. The highest BCUT2D eigenvalue weighted by Crippen LogP contribution is 2.38. The Morgan fingerprint density at radius 1 is 1.33 bits per heavy atom. The third-order valence-electron chi connectivity index (χ3n) is 2.48. The lowest BCUT2D eigenvalue weighted by molar-refractivity contribution is 0.0653. The molecule has 0 N–H and O–H groups in total. The number of rotatable bonds is 3. The molecule has 0 saturated heterocycles. The first kappa shape index (κ1) is 7.07. The molecule has 1 aliphatic rings. The van der Waals surface area contributed by atoms with Gasteiger partial charge < -0.3 is 4.74 Å². The number of hydrogen-bond acceptors (Lipinski definition) is 1. The summed E-state index contributed by atoms with van der Waals surface area (Å²) in [7, 11) is 1.80. The van der Waals surface area contributed by atoms with Crippen LogP contribution in [0.4, 0.5) is 0 Å². The summed E-state index contributed by atoms with van der Waals surface area (Å²) in [5.41, 5.74) is 0. The van der Waals surface area contributed by atoms with Crippen LogP contribution < -0.4 is 0 Å². The van der Waals surface area contributed by atoms with Crippen LogP contribution in [0, 0.1) is 11.8 Å². The van der Waals surface area contributed by atoms with Gasteiger partial charge in [0, 0.05) is 7.11 Å². The van der Waals surface area contributed by atoms with Gasteiger partial charge in [0.2, 0.25) is 0 Å². The smallest absolute Gasteiger partial charge is 0.0571 e. The van der Waals surface area contributed by atoms with Crippen molar-refractivity contribution in [2.75, 3.05) is 7.11 Å². The van der Waals surface area contributed by atoms with E-state index in [1.54, 1.807) is 7.11 Å². The van der Waals surface area contributed by atoms with Crippen molar-refractivity contribution >= 4 is 0 Å². The van der Waals surface area contributed by atoms with E-state index < -0.39 is 0 Å². The molecule has 1 heteroatoms. The Hall–Kier alpha value is -0.0400. The molecule has 0 spiro atoms. The Morgan fingerprint density at radius 2 is 1.89 bits per heavy atom. The third kappa shape index (κ3) is 1.68. The van der Waals surface area contributed by atoms with Crippen molar-refractivity contribution in [1.82, 2.24) is 0 Å². The Balaban J connectivity index is 2.22. The quantitative estimate of drug-likeness (QED) is 0.565. The molecule has 1 rings (SSSR count). The number of ether oxygens (including phenoxy) is 1. The predicted octanol–water partition coefficient (Wildman–Crippen LogP) is 2.07. The largest absolute Gasteiger partial charge is 0.381 e. The molecular weight excluding hydrogens is 112 g/mol. The lowest BCUT2D eigenvalue weighted by Gasteiger charge is -2.16. The van der Waals surface area contributed by atoms with Crippen molar-refractivity contribution in [2.24, 2.45) is 11.8 Å². The van der Waals surface area contributed by atoms with Crippen molar-refractivity contribution in [2.45, 2.75) is 32.8 Å². The number of hydrogen-bond donors (Lipinski definition) is 0. The Bertz CT molecular complexity index is 86.6. The molecule has 9 heavy (non-hydrogen) atoms. The van der Waals surface area contributed by atoms with Crippen LogP contribution in [0.3, 0.4) is 0 Å². The summed E-state index contributed by atoms with van der Waals surface area (Å²) in [4.78, 5) is 0. The van der Waals surface area contributed by atoms with E-state index in [0.717, 1.165) is 11.8 Å². The molecule has 0 aromatic heterocycles. The Kier molecular flexibility index (Phi) is 2.12. The summed E-state index contributed by atoms with van der Waals surface area (Å²) in [6, 6.07) is 0. The van der Waals surface area contributed by atoms with Crippen LogP contribution in [-0.4, -0.2) is 13.2 Å². The second-order valence-corrected chi connectivity index (χ2v) is 3.14. The molecule has 2 unspecified atom stereocenters. The molecule has 2 atom stereocenters. The van der Waals surface area contributed by atoms with Gasteiger partial charge in [-0.3, -0.25) is 0 Å². The lowest BCUT2D eigenvalue weighted by Crippen LogP contribution is -2.17. The molecule has 1 aliphatic carbocycles. The van der Waals surface area contributed by atoms with Crippen LogP contribution in [0.1, 0.15) is 26.7 Å². The molecule has 0 bridgehead atoms. The monoisotopic (exact) mass is 128 g/mol. The summed E-state index contributed by atoms with van der Waals surface area (Å²) in [6.07, 6.45) is 3.31. The van der Waals surface area contributed by atoms with Gasteiger partial charge in [-0.1, -0.05) is 6.92 Å². The molecule has 1 nitrogen and oxygen atoms in total. The fourth-order valence-corrected chi connectivity index (χ4v) is 1.22. The minimum Gasteiger partial charge on any atom is -0.381 e. The van der Waals surface area contributed by atoms with Gasteiger partial charge in [-0.25, -0.2) is 0 Å². The average Bonchev–Trinajstić information content (AvgIpc) is 2.66. The summed E-state index contributed by atoms with van der Waals surface area (Å²) >= 11 is 0. The highest BCUT2D eigenvalue weighted by atomic mass is 16.5. The molecule has 0 aromatic rings. The van der Waals surface area contributed by atoms with Gasteiger partial charge in [0.1, 0.15) is 0 Å². The van der Waals surface area contributed by atoms with E-state index in [1.165, 1.54) is 12.8 Å². The predicted molar refractivity (Wildman–Crippen MR) is 38.4 cm³/mol. The van der Waals surface area contributed by atoms with Gasteiger partial charge in [0.15, 0.2) is 0 Å². The first-order valence-electron chi connectivity index (χ1n) is 3.78. The first-order valence-corrected chi connectivity index (χ1v) is 3.78. The van der Waals surface area contributed by atoms with Crippen molar-refractivity contribution in [1.29, 1.82) is 0 Å². The van der Waals surface area contributed by atoms with E-state index in [0.29, 0.717) is 6.10 Å². The van der Waals surface area contributed by atoms with Crippen LogP contribution in [0.5, 0.6) is 0 Å².